The molecule has 2 aromatic rings. The summed E-state index contributed by atoms with van der Waals surface area (Å²) in [6, 6.07) is 8.70. The van der Waals surface area contributed by atoms with Gasteiger partial charge in [0.15, 0.2) is 12.4 Å². The number of anilines is 2. The molecule has 0 radical (unpaired) electrons. The third kappa shape index (κ3) is 4.78. The first-order chi connectivity index (χ1) is 14.4. The maximum absolute atomic E-state index is 12.6. The Balaban J connectivity index is 1.79. The first-order valence-corrected chi connectivity index (χ1v) is 9.20. The Morgan fingerprint density at radius 1 is 1.33 bits per heavy atom. The Kier molecular flexibility index (Phi) is 6.70. The van der Waals surface area contributed by atoms with Gasteiger partial charge in [0.05, 0.1) is 27.9 Å². The summed E-state index contributed by atoms with van der Waals surface area (Å²) in [5.74, 6) is -0.490. The van der Waals surface area contributed by atoms with Gasteiger partial charge in [-0.2, -0.15) is 0 Å². The molecule has 11 heteroatoms. The number of methoxy groups -OCH3 is 1. The number of nitro benzene ring substituents is 1. The number of para-hydroxylation sites is 1. The molecule has 2 aromatic carbocycles. The van der Waals surface area contributed by atoms with E-state index in [1.165, 1.54) is 25.3 Å². The summed E-state index contributed by atoms with van der Waals surface area (Å²) in [6.07, 6.45) is 0. The highest BCUT2D eigenvalue weighted by Gasteiger charge is 2.29. The number of carbonyl (C=O) groups is 2. The topological polar surface area (TPSA) is 120 Å². The molecule has 1 aliphatic rings. The van der Waals surface area contributed by atoms with Gasteiger partial charge in [0.2, 0.25) is 5.91 Å². The van der Waals surface area contributed by atoms with Gasteiger partial charge in [-0.15, -0.1) is 0 Å². The maximum atomic E-state index is 12.6. The maximum Gasteiger partial charge on any atom is 0.271 e. The number of carbonyl (C=O) groups excluding carboxylic acids is 2. The number of amides is 2. The van der Waals surface area contributed by atoms with Crippen LogP contribution in [0, 0.1) is 10.1 Å². The van der Waals surface area contributed by atoms with Gasteiger partial charge in [0.25, 0.3) is 11.6 Å². The van der Waals surface area contributed by atoms with Crippen molar-refractivity contribution in [1.29, 1.82) is 0 Å². The molecule has 0 fully saturated rings. The largest absolute Gasteiger partial charge is 0.487 e. The molecular formula is C19H18ClN3O7. The van der Waals surface area contributed by atoms with Gasteiger partial charge in [-0.3, -0.25) is 24.6 Å². The lowest BCUT2D eigenvalue weighted by Gasteiger charge is -2.28. The first-order valence-electron chi connectivity index (χ1n) is 8.82. The number of nitrogens with one attached hydrogen (secondary N) is 1. The van der Waals surface area contributed by atoms with Gasteiger partial charge < -0.3 is 19.5 Å². The fourth-order valence-electron chi connectivity index (χ4n) is 2.79. The van der Waals surface area contributed by atoms with Crippen LogP contribution >= 0.6 is 11.6 Å². The van der Waals surface area contributed by atoms with E-state index in [-0.39, 0.29) is 42.6 Å². The molecular weight excluding hydrogens is 418 g/mol. The Bertz CT molecular complexity index is 983. The lowest BCUT2D eigenvalue weighted by Crippen LogP contribution is -2.43. The van der Waals surface area contributed by atoms with Crippen LogP contribution in [0.5, 0.6) is 11.5 Å². The highest BCUT2D eigenvalue weighted by molar-refractivity contribution is 6.32. The molecule has 2 amide bonds. The second kappa shape index (κ2) is 9.42. The second-order valence-corrected chi connectivity index (χ2v) is 6.59. The average Bonchev–Trinajstić information content (AvgIpc) is 2.72. The van der Waals surface area contributed by atoms with E-state index in [1.54, 1.807) is 18.2 Å². The molecule has 0 atom stereocenters. The van der Waals surface area contributed by atoms with Crippen molar-refractivity contribution in [2.24, 2.45) is 0 Å². The fraction of sp³-hybridized carbons (Fsp3) is 0.263. The highest BCUT2D eigenvalue weighted by Crippen LogP contribution is 2.36. The number of non-ortho nitro benzene ring substituents is 1. The Hall–Kier alpha value is -3.37. The molecule has 1 aliphatic heterocycles. The quantitative estimate of drug-likeness (QED) is 0.384. The van der Waals surface area contributed by atoms with Crippen LogP contribution in [0.3, 0.4) is 0 Å². The Labute approximate surface area is 176 Å². The Morgan fingerprint density at radius 3 is 2.87 bits per heavy atom. The lowest BCUT2D eigenvalue weighted by atomic mass is 10.2. The molecule has 0 saturated carbocycles. The van der Waals surface area contributed by atoms with Crippen LogP contribution in [-0.2, 0) is 14.3 Å². The van der Waals surface area contributed by atoms with Crippen molar-refractivity contribution >= 4 is 40.5 Å². The van der Waals surface area contributed by atoms with Crippen LogP contribution in [0.15, 0.2) is 36.4 Å². The van der Waals surface area contributed by atoms with Crippen LogP contribution in [0.25, 0.3) is 0 Å². The second-order valence-electron chi connectivity index (χ2n) is 6.18. The zero-order valence-electron chi connectivity index (χ0n) is 15.9. The summed E-state index contributed by atoms with van der Waals surface area (Å²) in [4.78, 5) is 36.6. The molecule has 3 rings (SSSR count). The van der Waals surface area contributed by atoms with Crippen molar-refractivity contribution in [2.45, 2.75) is 0 Å². The van der Waals surface area contributed by atoms with E-state index in [2.05, 4.69) is 5.32 Å². The third-order valence-corrected chi connectivity index (χ3v) is 4.47. The molecule has 0 aliphatic carbocycles. The number of halogens is 1. The summed E-state index contributed by atoms with van der Waals surface area (Å²) in [5, 5.41) is 14.0. The zero-order chi connectivity index (χ0) is 21.7. The fourth-order valence-corrected chi connectivity index (χ4v) is 3.02. The van der Waals surface area contributed by atoms with Gasteiger partial charge in [-0.25, -0.2) is 0 Å². The number of ether oxygens (including phenoxy) is 3. The number of hydrogen-bond acceptors (Lipinski definition) is 7. The molecule has 1 heterocycles. The molecule has 1 N–H and O–H groups in total. The van der Waals surface area contributed by atoms with Gasteiger partial charge in [0, 0.05) is 19.2 Å². The SMILES string of the molecule is COCCOc1c(Cl)cccc1NC(=O)CN1C(=O)COc2ccc([N+](=O)[O-])cc21. The minimum Gasteiger partial charge on any atom is -0.487 e. The van der Waals surface area contributed by atoms with Crippen molar-refractivity contribution < 1.29 is 28.7 Å². The van der Waals surface area contributed by atoms with Crippen LogP contribution in [0.1, 0.15) is 0 Å². The molecule has 0 bridgehead atoms. The predicted molar refractivity (Wildman–Crippen MR) is 108 cm³/mol. The molecule has 158 valence electrons. The minimum absolute atomic E-state index is 0.151. The summed E-state index contributed by atoms with van der Waals surface area (Å²) in [7, 11) is 1.53. The third-order valence-electron chi connectivity index (χ3n) is 4.17. The number of nitro groups is 1. The summed E-state index contributed by atoms with van der Waals surface area (Å²) >= 11 is 6.16. The highest BCUT2D eigenvalue weighted by atomic mass is 35.5. The number of benzene rings is 2. The normalized spacial score (nSPS) is 12.7. The molecule has 0 unspecified atom stereocenters. The average molecular weight is 436 g/mol. The number of hydrogen-bond donors (Lipinski definition) is 1. The van der Waals surface area contributed by atoms with Crippen LogP contribution < -0.4 is 19.7 Å². The molecule has 0 spiro atoms. The zero-order valence-corrected chi connectivity index (χ0v) is 16.7. The Morgan fingerprint density at radius 2 is 2.13 bits per heavy atom. The monoisotopic (exact) mass is 435 g/mol. The first kappa shape index (κ1) is 21.3. The smallest absolute Gasteiger partial charge is 0.271 e. The summed E-state index contributed by atoms with van der Waals surface area (Å²) in [6.45, 7) is -0.0976. The van der Waals surface area contributed by atoms with Gasteiger partial charge >= 0.3 is 0 Å². The molecule has 0 saturated heterocycles. The van der Waals surface area contributed by atoms with Crippen molar-refractivity contribution in [1.82, 2.24) is 0 Å². The van der Waals surface area contributed by atoms with E-state index in [4.69, 9.17) is 25.8 Å². The number of rotatable bonds is 8. The van der Waals surface area contributed by atoms with Crippen LogP contribution in [-0.4, -0.2) is 50.2 Å². The lowest BCUT2D eigenvalue weighted by molar-refractivity contribution is -0.384. The van der Waals surface area contributed by atoms with Gasteiger partial charge in [0.1, 0.15) is 18.9 Å². The molecule has 10 nitrogen and oxygen atoms in total. The van der Waals surface area contributed by atoms with Crippen molar-refractivity contribution in [2.75, 3.05) is 43.7 Å². The van der Waals surface area contributed by atoms with Gasteiger partial charge in [-0.1, -0.05) is 17.7 Å². The van der Waals surface area contributed by atoms with E-state index >= 15 is 0 Å². The summed E-state index contributed by atoms with van der Waals surface area (Å²) < 4.78 is 15.8. The minimum atomic E-state index is -0.590. The van der Waals surface area contributed by atoms with Crippen LogP contribution in [0.2, 0.25) is 5.02 Å². The summed E-state index contributed by atoms with van der Waals surface area (Å²) in [5.41, 5.74) is 0.253. The van der Waals surface area contributed by atoms with E-state index in [1.807, 2.05) is 0 Å². The van der Waals surface area contributed by atoms with E-state index in [0.29, 0.717) is 17.3 Å². The van der Waals surface area contributed by atoms with Gasteiger partial charge in [-0.05, 0) is 18.2 Å². The predicted octanol–water partition coefficient (Wildman–Crippen LogP) is 2.64. The van der Waals surface area contributed by atoms with E-state index in [0.717, 1.165) is 4.90 Å². The van der Waals surface area contributed by atoms with Crippen molar-refractivity contribution in [3.8, 4) is 11.5 Å². The van der Waals surface area contributed by atoms with Crippen molar-refractivity contribution in [3.05, 3.63) is 51.5 Å². The number of nitrogens with zero attached hydrogens (tertiary/aromatic N) is 2. The molecule has 30 heavy (non-hydrogen) atoms. The van der Waals surface area contributed by atoms with Crippen LogP contribution in [0.4, 0.5) is 17.1 Å². The van der Waals surface area contributed by atoms with E-state index in [9.17, 15) is 19.7 Å². The van der Waals surface area contributed by atoms with Crippen molar-refractivity contribution in [3.63, 3.8) is 0 Å². The van der Waals surface area contributed by atoms with E-state index < -0.39 is 16.7 Å². The standard InChI is InChI=1S/C19H18ClN3O7/c1-28-7-8-29-19-13(20)3-2-4-14(19)21-17(24)10-22-15-9-12(23(26)27)5-6-16(15)30-11-18(22)25/h2-6,9H,7-8,10-11H2,1H3,(H,21,24). The molecule has 0 aromatic heterocycles. The number of fused-ring (bicyclic) bond motifs is 1.